The van der Waals surface area contributed by atoms with Gasteiger partial charge in [0.05, 0.1) is 5.56 Å². The number of carbonyl (C=O) groups is 2. The van der Waals surface area contributed by atoms with Gasteiger partial charge in [-0.1, -0.05) is 19.8 Å². The van der Waals surface area contributed by atoms with Gasteiger partial charge in [0.2, 0.25) is 11.5 Å². The molecule has 2 rings (SSSR count). The van der Waals surface area contributed by atoms with Gasteiger partial charge in [0.1, 0.15) is 5.54 Å². The van der Waals surface area contributed by atoms with Crippen LogP contribution >= 0.6 is 0 Å². The zero-order valence-electron chi connectivity index (χ0n) is 14.0. The van der Waals surface area contributed by atoms with Crippen molar-refractivity contribution in [1.29, 1.82) is 0 Å². The highest BCUT2D eigenvalue weighted by Gasteiger charge is 2.39. The fraction of sp³-hybridized carbons (Fsp3) is 0.588. The van der Waals surface area contributed by atoms with Crippen molar-refractivity contribution in [2.75, 3.05) is 7.05 Å². The summed E-state index contributed by atoms with van der Waals surface area (Å²) in [6, 6.07) is 3.00. The van der Waals surface area contributed by atoms with Crippen molar-refractivity contribution in [1.82, 2.24) is 15.2 Å². The predicted octanol–water partition coefficient (Wildman–Crippen LogP) is 1.67. The summed E-state index contributed by atoms with van der Waals surface area (Å²) in [5, 5.41) is 3.08. The fourth-order valence-electron chi connectivity index (χ4n) is 2.92. The summed E-state index contributed by atoms with van der Waals surface area (Å²) in [6.07, 6.45) is 6.18. The van der Waals surface area contributed by atoms with Crippen molar-refractivity contribution >= 4 is 11.8 Å². The van der Waals surface area contributed by atoms with Gasteiger partial charge < -0.3 is 15.2 Å². The highest BCUT2D eigenvalue weighted by molar-refractivity contribution is 5.98. The van der Waals surface area contributed by atoms with Crippen LogP contribution in [0.25, 0.3) is 0 Å². The minimum atomic E-state index is -0.921. The molecule has 0 spiro atoms. The van der Waals surface area contributed by atoms with Crippen LogP contribution in [0.3, 0.4) is 0 Å². The molecular formula is C17H25N3O3. The first-order valence-electron chi connectivity index (χ1n) is 8.16. The van der Waals surface area contributed by atoms with Crippen LogP contribution in [0.5, 0.6) is 0 Å². The smallest absolute Gasteiger partial charge is 0.255 e. The molecule has 1 heterocycles. The van der Waals surface area contributed by atoms with Crippen LogP contribution in [0.15, 0.2) is 23.1 Å². The Morgan fingerprint density at radius 1 is 1.35 bits per heavy atom. The number of pyridine rings is 1. The van der Waals surface area contributed by atoms with Gasteiger partial charge in [0, 0.05) is 25.4 Å². The lowest BCUT2D eigenvalue weighted by Gasteiger charge is -2.37. The van der Waals surface area contributed by atoms with Crippen molar-refractivity contribution in [3.63, 3.8) is 0 Å². The third kappa shape index (κ3) is 3.63. The monoisotopic (exact) mass is 319 g/mol. The van der Waals surface area contributed by atoms with Gasteiger partial charge >= 0.3 is 0 Å². The van der Waals surface area contributed by atoms with Crippen molar-refractivity contribution < 1.29 is 9.59 Å². The topological polar surface area (TPSA) is 82.3 Å². The Morgan fingerprint density at radius 2 is 2.00 bits per heavy atom. The number of amides is 2. The molecule has 1 fully saturated rings. The quantitative estimate of drug-likeness (QED) is 0.866. The number of nitrogens with one attached hydrogen (secondary N) is 2. The summed E-state index contributed by atoms with van der Waals surface area (Å²) >= 11 is 0. The van der Waals surface area contributed by atoms with Gasteiger partial charge in [0.25, 0.3) is 5.91 Å². The summed E-state index contributed by atoms with van der Waals surface area (Å²) in [6.45, 7) is 3.67. The number of likely N-dealkylation sites (N-methyl/N-ethyl adjacent to an activating group) is 1. The molecule has 2 N–H and O–H groups in total. The summed E-state index contributed by atoms with van der Waals surface area (Å²) in [4.78, 5) is 40.4. The molecule has 0 aliphatic heterocycles. The standard InChI is InChI=1S/C17H25N3O3/c1-4-17(2,16(23)19-13-7-5-6-8-13)20(3)15(22)12-9-10-14(21)18-11-12/h9-11,13H,4-8H2,1-3H3,(H,18,21)(H,19,23). The third-order valence-electron chi connectivity index (χ3n) is 4.94. The van der Waals surface area contributed by atoms with Gasteiger partial charge in [-0.15, -0.1) is 0 Å². The van der Waals surface area contributed by atoms with E-state index in [1.54, 1.807) is 14.0 Å². The van der Waals surface area contributed by atoms with Gasteiger partial charge in [-0.05, 0) is 32.3 Å². The molecule has 0 bridgehead atoms. The number of hydrogen-bond acceptors (Lipinski definition) is 3. The van der Waals surface area contributed by atoms with E-state index in [9.17, 15) is 14.4 Å². The van der Waals surface area contributed by atoms with E-state index in [1.807, 2.05) is 6.92 Å². The molecule has 0 radical (unpaired) electrons. The number of nitrogens with zero attached hydrogens (tertiary/aromatic N) is 1. The van der Waals surface area contributed by atoms with Crippen molar-refractivity contribution in [3.05, 3.63) is 34.2 Å². The number of aromatic nitrogens is 1. The van der Waals surface area contributed by atoms with Gasteiger partial charge in [-0.25, -0.2) is 0 Å². The zero-order valence-corrected chi connectivity index (χ0v) is 14.0. The number of aromatic amines is 1. The van der Waals surface area contributed by atoms with E-state index in [1.165, 1.54) is 23.2 Å². The van der Waals surface area contributed by atoms with E-state index >= 15 is 0 Å². The normalized spacial score (nSPS) is 17.5. The van der Waals surface area contributed by atoms with Crippen molar-refractivity contribution in [3.8, 4) is 0 Å². The average molecular weight is 319 g/mol. The lowest BCUT2D eigenvalue weighted by molar-refractivity contribution is -0.131. The van der Waals surface area contributed by atoms with Gasteiger partial charge in [-0.2, -0.15) is 0 Å². The molecule has 0 aromatic carbocycles. The highest BCUT2D eigenvalue weighted by atomic mass is 16.2. The van der Waals surface area contributed by atoms with Crippen LogP contribution in [-0.2, 0) is 4.79 Å². The Kier molecular flexibility index (Phi) is 5.23. The van der Waals surface area contributed by atoms with E-state index in [4.69, 9.17) is 0 Å². The Balaban J connectivity index is 2.16. The summed E-state index contributed by atoms with van der Waals surface area (Å²) in [7, 11) is 1.63. The molecule has 23 heavy (non-hydrogen) atoms. The maximum absolute atomic E-state index is 12.7. The van der Waals surface area contributed by atoms with E-state index < -0.39 is 5.54 Å². The average Bonchev–Trinajstić information content (AvgIpc) is 3.06. The molecule has 1 saturated carbocycles. The number of hydrogen-bond donors (Lipinski definition) is 2. The van der Waals surface area contributed by atoms with Gasteiger partial charge in [0.15, 0.2) is 0 Å². The molecule has 1 atom stereocenters. The first kappa shape index (κ1) is 17.2. The molecule has 2 amide bonds. The van der Waals surface area contributed by atoms with E-state index in [0.29, 0.717) is 12.0 Å². The first-order chi connectivity index (χ1) is 10.9. The third-order valence-corrected chi connectivity index (χ3v) is 4.94. The molecule has 1 aromatic heterocycles. The maximum atomic E-state index is 12.7. The SMILES string of the molecule is CCC(C)(C(=O)NC1CCCC1)N(C)C(=O)c1ccc(=O)[nH]c1. The molecule has 1 aromatic rings. The summed E-state index contributed by atoms with van der Waals surface area (Å²) in [5.74, 6) is -0.403. The van der Waals surface area contributed by atoms with Crippen LogP contribution in [0, 0.1) is 0 Å². The summed E-state index contributed by atoms with van der Waals surface area (Å²) < 4.78 is 0. The molecule has 6 heteroatoms. The second kappa shape index (κ2) is 6.98. The second-order valence-corrected chi connectivity index (χ2v) is 6.39. The Bertz CT molecular complexity index is 614. The molecule has 1 aliphatic carbocycles. The Labute approximate surface area is 136 Å². The molecule has 0 saturated heterocycles. The lowest BCUT2D eigenvalue weighted by Crippen LogP contribution is -2.58. The molecule has 126 valence electrons. The summed E-state index contributed by atoms with van der Waals surface area (Å²) in [5.41, 5.74) is -0.822. The Hall–Kier alpha value is -2.11. The van der Waals surface area contributed by atoms with Crippen LogP contribution in [0.2, 0.25) is 0 Å². The molecule has 1 aliphatic rings. The minimum Gasteiger partial charge on any atom is -0.351 e. The molecule has 1 unspecified atom stereocenters. The van der Waals surface area contributed by atoms with Gasteiger partial charge in [-0.3, -0.25) is 14.4 Å². The van der Waals surface area contributed by atoms with E-state index in [-0.39, 0.29) is 23.4 Å². The Morgan fingerprint density at radius 3 is 2.52 bits per heavy atom. The molecular weight excluding hydrogens is 294 g/mol. The number of rotatable bonds is 5. The first-order valence-corrected chi connectivity index (χ1v) is 8.16. The minimum absolute atomic E-state index is 0.118. The van der Waals surface area contributed by atoms with Crippen LogP contribution in [0.1, 0.15) is 56.3 Å². The fourth-order valence-corrected chi connectivity index (χ4v) is 2.92. The zero-order chi connectivity index (χ0) is 17.0. The highest BCUT2D eigenvalue weighted by Crippen LogP contribution is 2.23. The van der Waals surface area contributed by atoms with Crippen LogP contribution < -0.4 is 10.9 Å². The van der Waals surface area contributed by atoms with E-state index in [2.05, 4.69) is 10.3 Å². The number of H-pyrrole nitrogens is 1. The second-order valence-electron chi connectivity index (χ2n) is 6.39. The van der Waals surface area contributed by atoms with Crippen LogP contribution in [-0.4, -0.2) is 40.3 Å². The van der Waals surface area contributed by atoms with E-state index in [0.717, 1.165) is 25.7 Å². The van der Waals surface area contributed by atoms with Crippen molar-refractivity contribution in [2.24, 2.45) is 0 Å². The predicted molar refractivity (Wildman–Crippen MR) is 88.3 cm³/mol. The van der Waals surface area contributed by atoms with Crippen molar-refractivity contribution in [2.45, 2.75) is 57.5 Å². The number of carbonyl (C=O) groups excluding carboxylic acids is 2. The lowest BCUT2D eigenvalue weighted by atomic mass is 9.94. The van der Waals surface area contributed by atoms with Crippen LogP contribution in [0.4, 0.5) is 0 Å². The largest absolute Gasteiger partial charge is 0.351 e. The maximum Gasteiger partial charge on any atom is 0.255 e. The molecule has 6 nitrogen and oxygen atoms in total.